The Bertz CT molecular complexity index is 638. The van der Waals surface area contributed by atoms with Gasteiger partial charge in [-0.3, -0.25) is 0 Å². The van der Waals surface area contributed by atoms with Gasteiger partial charge in [-0.2, -0.15) is 0 Å². The van der Waals surface area contributed by atoms with Gasteiger partial charge in [0.2, 0.25) is 0 Å². The molecule has 1 aromatic heterocycles. The summed E-state index contributed by atoms with van der Waals surface area (Å²) < 4.78 is 14.6. The van der Waals surface area contributed by atoms with Crippen LogP contribution < -0.4 is 10.6 Å². The molecule has 0 bridgehead atoms. The Labute approximate surface area is 132 Å². The third-order valence-electron chi connectivity index (χ3n) is 3.12. The fraction of sp³-hybridized carbons (Fsp3) is 0.333. The van der Waals surface area contributed by atoms with Crippen molar-refractivity contribution in [1.82, 2.24) is 9.97 Å². The van der Waals surface area contributed by atoms with E-state index in [9.17, 15) is 4.39 Å². The Kier molecular flexibility index (Phi) is 4.77. The second-order valence-corrected chi connectivity index (χ2v) is 5.88. The van der Waals surface area contributed by atoms with Crippen molar-refractivity contribution in [3.05, 3.63) is 39.9 Å². The molecule has 0 saturated heterocycles. The first-order valence-electron chi connectivity index (χ1n) is 6.71. The van der Waals surface area contributed by atoms with E-state index < -0.39 is 0 Å². The standard InChI is InChI=1S/C15H18BrFN4/c1-8(2)13-20-14(18-4)9(3)15(21-13)19-12-10(16)6-5-7-11(12)17/h5-8H,1-4H3,(H2,18,19,20,21). The van der Waals surface area contributed by atoms with Crippen LogP contribution in [-0.2, 0) is 0 Å². The summed E-state index contributed by atoms with van der Waals surface area (Å²) in [7, 11) is 1.81. The second-order valence-electron chi connectivity index (χ2n) is 5.03. The van der Waals surface area contributed by atoms with Gasteiger partial charge in [-0.15, -0.1) is 0 Å². The highest BCUT2D eigenvalue weighted by atomic mass is 79.9. The molecule has 0 radical (unpaired) electrons. The van der Waals surface area contributed by atoms with Crippen LogP contribution in [0.25, 0.3) is 0 Å². The monoisotopic (exact) mass is 352 g/mol. The molecule has 0 fully saturated rings. The SMILES string of the molecule is CNc1nc(C(C)C)nc(Nc2c(F)cccc2Br)c1C. The van der Waals surface area contributed by atoms with Gasteiger partial charge in [0.1, 0.15) is 23.3 Å². The quantitative estimate of drug-likeness (QED) is 0.844. The van der Waals surface area contributed by atoms with Crippen LogP contribution in [0.4, 0.5) is 21.7 Å². The summed E-state index contributed by atoms with van der Waals surface area (Å²) >= 11 is 3.35. The zero-order valence-corrected chi connectivity index (χ0v) is 14.0. The molecule has 0 unspecified atom stereocenters. The van der Waals surface area contributed by atoms with Gasteiger partial charge < -0.3 is 10.6 Å². The summed E-state index contributed by atoms with van der Waals surface area (Å²) in [5, 5.41) is 6.12. The van der Waals surface area contributed by atoms with E-state index in [1.165, 1.54) is 6.07 Å². The van der Waals surface area contributed by atoms with Crippen molar-refractivity contribution < 1.29 is 4.39 Å². The van der Waals surface area contributed by atoms with Gasteiger partial charge in [0.05, 0.1) is 5.69 Å². The van der Waals surface area contributed by atoms with Crippen molar-refractivity contribution in [2.24, 2.45) is 0 Å². The highest BCUT2D eigenvalue weighted by Gasteiger charge is 2.15. The summed E-state index contributed by atoms with van der Waals surface area (Å²) in [6.07, 6.45) is 0. The van der Waals surface area contributed by atoms with Gasteiger partial charge >= 0.3 is 0 Å². The highest BCUT2D eigenvalue weighted by Crippen LogP contribution is 2.31. The number of rotatable bonds is 4. The maximum absolute atomic E-state index is 14.0. The van der Waals surface area contributed by atoms with E-state index in [2.05, 4.69) is 36.5 Å². The molecule has 0 aliphatic heterocycles. The molecule has 1 heterocycles. The lowest BCUT2D eigenvalue weighted by molar-refractivity contribution is 0.631. The molecule has 1 aromatic carbocycles. The van der Waals surface area contributed by atoms with Crippen LogP contribution in [0.3, 0.4) is 0 Å². The number of aromatic nitrogens is 2. The normalized spacial score (nSPS) is 10.8. The van der Waals surface area contributed by atoms with Crippen LogP contribution in [0.1, 0.15) is 31.2 Å². The van der Waals surface area contributed by atoms with Crippen LogP contribution in [0.5, 0.6) is 0 Å². The van der Waals surface area contributed by atoms with Crippen molar-refractivity contribution in [2.75, 3.05) is 17.7 Å². The van der Waals surface area contributed by atoms with E-state index in [1.54, 1.807) is 12.1 Å². The molecular formula is C15H18BrFN4. The first-order valence-corrected chi connectivity index (χ1v) is 7.50. The highest BCUT2D eigenvalue weighted by molar-refractivity contribution is 9.10. The summed E-state index contributed by atoms with van der Waals surface area (Å²) in [5.41, 5.74) is 1.22. The Morgan fingerprint density at radius 2 is 1.86 bits per heavy atom. The molecule has 21 heavy (non-hydrogen) atoms. The number of hydrogen-bond acceptors (Lipinski definition) is 4. The Morgan fingerprint density at radius 1 is 1.19 bits per heavy atom. The second kappa shape index (κ2) is 6.39. The van der Waals surface area contributed by atoms with E-state index in [0.29, 0.717) is 21.8 Å². The number of anilines is 3. The van der Waals surface area contributed by atoms with Crippen LogP contribution in [0.15, 0.2) is 22.7 Å². The molecule has 4 nitrogen and oxygen atoms in total. The number of nitrogens with zero attached hydrogens (tertiary/aromatic N) is 2. The predicted molar refractivity (Wildman–Crippen MR) is 87.8 cm³/mol. The molecule has 6 heteroatoms. The van der Waals surface area contributed by atoms with Crippen molar-refractivity contribution in [1.29, 1.82) is 0 Å². The zero-order valence-electron chi connectivity index (χ0n) is 12.5. The number of nitrogens with one attached hydrogen (secondary N) is 2. The lowest BCUT2D eigenvalue weighted by atomic mass is 10.2. The Balaban J connectivity index is 2.51. The van der Waals surface area contributed by atoms with Crippen LogP contribution in [0.2, 0.25) is 0 Å². The minimum Gasteiger partial charge on any atom is -0.373 e. The van der Waals surface area contributed by atoms with Crippen LogP contribution in [0, 0.1) is 12.7 Å². The van der Waals surface area contributed by atoms with E-state index in [0.717, 1.165) is 11.4 Å². The van der Waals surface area contributed by atoms with Crippen LogP contribution in [-0.4, -0.2) is 17.0 Å². The van der Waals surface area contributed by atoms with E-state index >= 15 is 0 Å². The number of halogens is 2. The topological polar surface area (TPSA) is 49.8 Å². The van der Waals surface area contributed by atoms with Gasteiger partial charge in [0, 0.05) is 23.0 Å². The molecule has 2 rings (SSSR count). The van der Waals surface area contributed by atoms with Crippen molar-refractivity contribution in [3.63, 3.8) is 0 Å². The molecule has 0 amide bonds. The molecule has 0 saturated carbocycles. The Morgan fingerprint density at radius 3 is 2.43 bits per heavy atom. The molecule has 112 valence electrons. The van der Waals surface area contributed by atoms with Gasteiger partial charge in [-0.05, 0) is 35.0 Å². The average Bonchev–Trinajstić information content (AvgIpc) is 2.44. The average molecular weight is 353 g/mol. The molecule has 0 aliphatic rings. The molecule has 2 aromatic rings. The maximum Gasteiger partial charge on any atom is 0.147 e. The van der Waals surface area contributed by atoms with Gasteiger partial charge in [0.25, 0.3) is 0 Å². The summed E-state index contributed by atoms with van der Waals surface area (Å²) in [5.74, 6) is 1.90. The maximum atomic E-state index is 14.0. The first kappa shape index (κ1) is 15.7. The van der Waals surface area contributed by atoms with Gasteiger partial charge in [0.15, 0.2) is 0 Å². The van der Waals surface area contributed by atoms with Crippen molar-refractivity contribution in [2.45, 2.75) is 26.7 Å². The largest absolute Gasteiger partial charge is 0.373 e. The third kappa shape index (κ3) is 3.32. The number of hydrogen-bond donors (Lipinski definition) is 2. The van der Waals surface area contributed by atoms with Gasteiger partial charge in [-0.25, -0.2) is 14.4 Å². The fourth-order valence-corrected chi connectivity index (χ4v) is 2.33. The van der Waals surface area contributed by atoms with E-state index in [-0.39, 0.29) is 11.7 Å². The smallest absolute Gasteiger partial charge is 0.147 e. The molecule has 0 aliphatic carbocycles. The summed E-state index contributed by atoms with van der Waals surface area (Å²) in [6, 6.07) is 4.84. The van der Waals surface area contributed by atoms with Gasteiger partial charge in [-0.1, -0.05) is 19.9 Å². The summed E-state index contributed by atoms with van der Waals surface area (Å²) in [6.45, 7) is 5.94. The minimum atomic E-state index is -0.334. The first-order chi connectivity index (χ1) is 9.93. The fourth-order valence-electron chi connectivity index (χ4n) is 1.89. The van der Waals surface area contributed by atoms with Crippen LogP contribution >= 0.6 is 15.9 Å². The summed E-state index contributed by atoms with van der Waals surface area (Å²) in [4.78, 5) is 8.98. The van der Waals surface area contributed by atoms with Crippen molar-refractivity contribution >= 4 is 33.3 Å². The van der Waals surface area contributed by atoms with Crippen molar-refractivity contribution in [3.8, 4) is 0 Å². The molecule has 0 spiro atoms. The number of benzene rings is 1. The zero-order chi connectivity index (χ0) is 15.6. The molecule has 0 atom stereocenters. The lowest BCUT2D eigenvalue weighted by Gasteiger charge is -2.16. The Hall–Kier alpha value is -1.69. The third-order valence-corrected chi connectivity index (χ3v) is 3.78. The molecule has 2 N–H and O–H groups in total. The van der Waals surface area contributed by atoms with E-state index in [1.807, 2.05) is 27.8 Å². The minimum absolute atomic E-state index is 0.183. The predicted octanol–water partition coefficient (Wildman–Crippen LogP) is 4.60. The van der Waals surface area contributed by atoms with E-state index in [4.69, 9.17) is 0 Å². The number of para-hydroxylation sites is 1. The molecular weight excluding hydrogens is 335 g/mol. The lowest BCUT2D eigenvalue weighted by Crippen LogP contribution is -2.09.